The van der Waals surface area contributed by atoms with Gasteiger partial charge in [-0.05, 0) is 36.8 Å². The number of amides is 2. The highest BCUT2D eigenvalue weighted by molar-refractivity contribution is 5.92. The highest BCUT2D eigenvalue weighted by Crippen LogP contribution is 2.15. The number of ether oxygens (including phenoxy) is 1. The van der Waals surface area contributed by atoms with Crippen LogP contribution >= 0.6 is 0 Å². The SMILES string of the molecule is CC[C@@H](Oc1ccccc1)C(=O)N1CCN(CC(=O)Nc2cccc(F)c2)CC1. The number of carbonyl (C=O) groups is 2. The molecule has 2 aromatic carbocycles. The van der Waals surface area contributed by atoms with Gasteiger partial charge in [0, 0.05) is 31.9 Å². The fourth-order valence-electron chi connectivity index (χ4n) is 3.27. The zero-order valence-electron chi connectivity index (χ0n) is 16.5. The van der Waals surface area contributed by atoms with Crippen molar-refractivity contribution in [2.75, 3.05) is 38.0 Å². The Morgan fingerprint density at radius 2 is 1.79 bits per heavy atom. The van der Waals surface area contributed by atoms with E-state index in [0.717, 1.165) is 0 Å². The lowest BCUT2D eigenvalue weighted by Crippen LogP contribution is -2.53. The van der Waals surface area contributed by atoms with E-state index in [1.807, 2.05) is 42.2 Å². The van der Waals surface area contributed by atoms with Gasteiger partial charge < -0.3 is 15.0 Å². The zero-order chi connectivity index (χ0) is 20.6. The van der Waals surface area contributed by atoms with Gasteiger partial charge in [-0.15, -0.1) is 0 Å². The summed E-state index contributed by atoms with van der Waals surface area (Å²) in [5.41, 5.74) is 0.438. The molecule has 1 N–H and O–H groups in total. The second-order valence-corrected chi connectivity index (χ2v) is 6.99. The fourth-order valence-corrected chi connectivity index (χ4v) is 3.27. The molecular formula is C22H26FN3O3. The van der Waals surface area contributed by atoms with Crippen LogP contribution in [-0.2, 0) is 9.59 Å². The number of piperazine rings is 1. The van der Waals surface area contributed by atoms with Crippen molar-refractivity contribution in [1.82, 2.24) is 9.80 Å². The monoisotopic (exact) mass is 399 g/mol. The number of halogens is 1. The molecule has 1 saturated heterocycles. The molecule has 6 nitrogen and oxygen atoms in total. The van der Waals surface area contributed by atoms with E-state index in [1.54, 1.807) is 17.0 Å². The van der Waals surface area contributed by atoms with Crippen LogP contribution in [0.1, 0.15) is 13.3 Å². The van der Waals surface area contributed by atoms with Gasteiger partial charge in [0.2, 0.25) is 5.91 Å². The van der Waals surface area contributed by atoms with Gasteiger partial charge in [-0.2, -0.15) is 0 Å². The van der Waals surface area contributed by atoms with Crippen LogP contribution < -0.4 is 10.1 Å². The van der Waals surface area contributed by atoms with Gasteiger partial charge in [0.1, 0.15) is 11.6 Å². The van der Waals surface area contributed by atoms with Gasteiger partial charge in [-0.3, -0.25) is 14.5 Å². The molecule has 0 unspecified atom stereocenters. The van der Waals surface area contributed by atoms with Crippen LogP contribution in [0.25, 0.3) is 0 Å². The average Bonchev–Trinajstić information content (AvgIpc) is 2.73. The third-order valence-electron chi connectivity index (χ3n) is 4.83. The van der Waals surface area contributed by atoms with Crippen molar-refractivity contribution in [1.29, 1.82) is 0 Å². The molecule has 0 aromatic heterocycles. The summed E-state index contributed by atoms with van der Waals surface area (Å²) in [6.07, 6.45) is 0.0736. The Labute approximate surface area is 170 Å². The normalized spacial score (nSPS) is 15.6. The van der Waals surface area contributed by atoms with Gasteiger partial charge in [-0.25, -0.2) is 4.39 Å². The maximum absolute atomic E-state index is 13.2. The molecule has 154 valence electrons. The molecule has 3 rings (SSSR count). The smallest absolute Gasteiger partial charge is 0.263 e. The maximum atomic E-state index is 13.2. The number of nitrogens with zero attached hydrogens (tertiary/aromatic N) is 2. The molecule has 2 aromatic rings. The number of anilines is 1. The standard InChI is InChI=1S/C22H26FN3O3/c1-2-20(29-19-9-4-3-5-10-19)22(28)26-13-11-25(12-14-26)16-21(27)24-18-8-6-7-17(23)15-18/h3-10,15,20H,2,11-14,16H2,1H3,(H,24,27)/t20-/m1/s1. The molecular weight excluding hydrogens is 373 g/mol. The van der Waals surface area contributed by atoms with Crippen LogP contribution in [0, 0.1) is 5.82 Å². The van der Waals surface area contributed by atoms with Gasteiger partial charge >= 0.3 is 0 Å². The van der Waals surface area contributed by atoms with Gasteiger partial charge in [0.25, 0.3) is 5.91 Å². The minimum Gasteiger partial charge on any atom is -0.481 e. The molecule has 1 fully saturated rings. The van der Waals surface area contributed by atoms with Gasteiger partial charge in [0.15, 0.2) is 6.10 Å². The van der Waals surface area contributed by atoms with E-state index < -0.39 is 11.9 Å². The first kappa shape index (κ1) is 20.8. The molecule has 0 aliphatic carbocycles. The Morgan fingerprint density at radius 1 is 1.07 bits per heavy atom. The summed E-state index contributed by atoms with van der Waals surface area (Å²) in [6.45, 7) is 4.42. The zero-order valence-corrected chi connectivity index (χ0v) is 16.5. The first-order valence-electron chi connectivity index (χ1n) is 9.83. The van der Waals surface area contributed by atoms with Crippen LogP contribution in [0.4, 0.5) is 10.1 Å². The van der Waals surface area contributed by atoms with Crippen LogP contribution in [0.3, 0.4) is 0 Å². The molecule has 29 heavy (non-hydrogen) atoms. The Hall–Kier alpha value is -2.93. The Bertz CT molecular complexity index is 823. The van der Waals surface area contributed by atoms with Crippen molar-refractivity contribution in [3.8, 4) is 5.75 Å². The predicted molar refractivity (Wildman–Crippen MR) is 109 cm³/mol. The minimum absolute atomic E-state index is 0.0276. The Kier molecular flexibility index (Phi) is 7.19. The van der Waals surface area contributed by atoms with E-state index in [-0.39, 0.29) is 18.4 Å². The topological polar surface area (TPSA) is 61.9 Å². The number of hydrogen-bond donors (Lipinski definition) is 1. The van der Waals surface area contributed by atoms with Crippen molar-refractivity contribution < 1.29 is 18.7 Å². The largest absolute Gasteiger partial charge is 0.481 e. The van der Waals surface area contributed by atoms with Gasteiger partial charge in [-0.1, -0.05) is 31.2 Å². The molecule has 0 bridgehead atoms. The van der Waals surface area contributed by atoms with E-state index in [4.69, 9.17) is 4.74 Å². The number of rotatable bonds is 7. The van der Waals surface area contributed by atoms with E-state index in [2.05, 4.69) is 5.32 Å². The summed E-state index contributed by atoms with van der Waals surface area (Å²) in [7, 11) is 0. The lowest BCUT2D eigenvalue weighted by atomic mass is 10.2. The minimum atomic E-state index is -0.514. The second-order valence-electron chi connectivity index (χ2n) is 6.99. The van der Waals surface area contributed by atoms with Crippen LogP contribution in [-0.4, -0.2) is 60.4 Å². The van der Waals surface area contributed by atoms with E-state index >= 15 is 0 Å². The lowest BCUT2D eigenvalue weighted by molar-refractivity contribution is -0.140. The average molecular weight is 399 g/mol. The van der Waals surface area contributed by atoms with Crippen molar-refractivity contribution in [2.45, 2.75) is 19.4 Å². The lowest BCUT2D eigenvalue weighted by Gasteiger charge is -2.35. The summed E-state index contributed by atoms with van der Waals surface area (Å²) in [6, 6.07) is 15.1. The molecule has 7 heteroatoms. The molecule has 1 aliphatic rings. The Balaban J connectivity index is 1.46. The third-order valence-corrected chi connectivity index (χ3v) is 4.83. The highest BCUT2D eigenvalue weighted by atomic mass is 19.1. The number of para-hydroxylation sites is 1. The number of carbonyl (C=O) groups excluding carboxylic acids is 2. The van der Waals surface area contributed by atoms with Crippen LogP contribution in [0.5, 0.6) is 5.75 Å². The number of hydrogen-bond acceptors (Lipinski definition) is 4. The first-order chi connectivity index (χ1) is 14.0. The fraction of sp³-hybridized carbons (Fsp3) is 0.364. The Morgan fingerprint density at radius 3 is 2.45 bits per heavy atom. The van der Waals surface area contributed by atoms with Gasteiger partial charge in [0.05, 0.1) is 6.54 Å². The third kappa shape index (κ3) is 6.02. The van der Waals surface area contributed by atoms with Crippen molar-refractivity contribution in [3.63, 3.8) is 0 Å². The number of benzene rings is 2. The quantitative estimate of drug-likeness (QED) is 0.778. The molecule has 1 atom stereocenters. The van der Waals surface area contributed by atoms with E-state index in [0.29, 0.717) is 44.0 Å². The van der Waals surface area contributed by atoms with E-state index in [1.165, 1.54) is 12.1 Å². The molecule has 0 spiro atoms. The van der Waals surface area contributed by atoms with E-state index in [9.17, 15) is 14.0 Å². The molecule has 2 amide bonds. The van der Waals surface area contributed by atoms with Crippen molar-refractivity contribution >= 4 is 17.5 Å². The van der Waals surface area contributed by atoms with Crippen LogP contribution in [0.15, 0.2) is 54.6 Å². The summed E-state index contributed by atoms with van der Waals surface area (Å²) in [5, 5.41) is 2.70. The van der Waals surface area contributed by atoms with Crippen molar-refractivity contribution in [2.24, 2.45) is 0 Å². The molecule has 1 heterocycles. The maximum Gasteiger partial charge on any atom is 0.263 e. The van der Waals surface area contributed by atoms with Crippen molar-refractivity contribution in [3.05, 3.63) is 60.4 Å². The molecule has 1 aliphatic heterocycles. The molecule has 0 radical (unpaired) electrons. The summed E-state index contributed by atoms with van der Waals surface area (Å²) in [4.78, 5) is 28.8. The molecule has 0 saturated carbocycles. The van der Waals surface area contributed by atoms with Crippen LogP contribution in [0.2, 0.25) is 0 Å². The summed E-state index contributed by atoms with van der Waals surface area (Å²) < 4.78 is 19.1. The first-order valence-corrected chi connectivity index (χ1v) is 9.83. The summed E-state index contributed by atoms with van der Waals surface area (Å²) in [5.74, 6) is 0.0629. The number of nitrogens with one attached hydrogen (secondary N) is 1. The second kappa shape index (κ2) is 10.0. The predicted octanol–water partition coefficient (Wildman–Crippen LogP) is 2.77. The highest BCUT2D eigenvalue weighted by Gasteiger charge is 2.28. The summed E-state index contributed by atoms with van der Waals surface area (Å²) >= 11 is 0.